The lowest BCUT2D eigenvalue weighted by Crippen LogP contribution is -2.05. The molecule has 1 saturated carbocycles. The highest BCUT2D eigenvalue weighted by Gasteiger charge is 2.11. The fourth-order valence-electron chi connectivity index (χ4n) is 2.35. The third-order valence-electron chi connectivity index (χ3n) is 3.50. The number of hydrogen-bond donors (Lipinski definition) is 0. The van der Waals surface area contributed by atoms with Gasteiger partial charge in [0.2, 0.25) is 0 Å². The molecule has 0 radical (unpaired) electrons. The lowest BCUT2D eigenvalue weighted by molar-refractivity contribution is 0.432. The highest BCUT2D eigenvalue weighted by molar-refractivity contribution is 6.19. The van der Waals surface area contributed by atoms with E-state index in [1.807, 2.05) is 0 Å². The van der Waals surface area contributed by atoms with Crippen molar-refractivity contribution >= 4 is 11.6 Å². The van der Waals surface area contributed by atoms with Gasteiger partial charge in [-0.2, -0.15) is 0 Å². The third kappa shape index (κ3) is 5.06. The van der Waals surface area contributed by atoms with Gasteiger partial charge in [-0.05, 0) is 24.7 Å². The summed E-state index contributed by atoms with van der Waals surface area (Å²) in [6.07, 6.45) is 12.4. The molecule has 1 fully saturated rings. The zero-order chi connectivity index (χ0) is 11.1. The van der Waals surface area contributed by atoms with Gasteiger partial charge in [-0.3, -0.25) is 0 Å². The summed E-state index contributed by atoms with van der Waals surface area (Å²) in [7, 11) is 0. The van der Waals surface area contributed by atoms with Gasteiger partial charge in [-0.15, -0.1) is 11.6 Å². The summed E-state index contributed by atoms with van der Waals surface area (Å²) >= 11 is 5.99. The van der Waals surface area contributed by atoms with Crippen LogP contribution in [0.4, 0.5) is 0 Å². The highest BCUT2D eigenvalue weighted by atomic mass is 35.5. The zero-order valence-electron chi connectivity index (χ0n) is 10.3. The lowest BCUT2D eigenvalue weighted by atomic mass is 9.88. The molecule has 0 nitrogen and oxygen atoms in total. The van der Waals surface area contributed by atoms with Crippen LogP contribution in [0.5, 0.6) is 0 Å². The second-order valence-corrected chi connectivity index (χ2v) is 5.40. The van der Waals surface area contributed by atoms with Gasteiger partial charge in [-0.1, -0.05) is 57.6 Å². The van der Waals surface area contributed by atoms with Crippen LogP contribution in [0.15, 0.2) is 11.6 Å². The van der Waals surface area contributed by atoms with Crippen LogP contribution in [0.1, 0.15) is 58.8 Å². The van der Waals surface area contributed by atoms with Crippen molar-refractivity contribution in [3.8, 4) is 0 Å². The van der Waals surface area contributed by atoms with Crippen molar-refractivity contribution in [1.82, 2.24) is 0 Å². The van der Waals surface area contributed by atoms with E-state index < -0.39 is 0 Å². The second-order valence-electron chi connectivity index (χ2n) is 5.14. The van der Waals surface area contributed by atoms with Crippen molar-refractivity contribution in [2.24, 2.45) is 11.8 Å². The van der Waals surface area contributed by atoms with Gasteiger partial charge >= 0.3 is 0 Å². The molecule has 1 rings (SSSR count). The molecule has 0 amide bonds. The van der Waals surface area contributed by atoms with E-state index in [0.717, 1.165) is 5.92 Å². The van der Waals surface area contributed by atoms with Gasteiger partial charge in [0.15, 0.2) is 0 Å². The second kappa shape index (κ2) is 7.33. The SMILES string of the molecule is CC(C)/C(=C\C1CCCCCCC1)CCl. The quantitative estimate of drug-likeness (QED) is 0.462. The first-order chi connectivity index (χ1) is 7.24. The molecule has 1 aliphatic carbocycles. The summed E-state index contributed by atoms with van der Waals surface area (Å²) < 4.78 is 0. The molecule has 1 aliphatic rings. The minimum Gasteiger partial charge on any atom is -0.122 e. The van der Waals surface area contributed by atoms with Crippen LogP contribution in [0.2, 0.25) is 0 Å². The highest BCUT2D eigenvalue weighted by Crippen LogP contribution is 2.26. The zero-order valence-corrected chi connectivity index (χ0v) is 11.0. The van der Waals surface area contributed by atoms with E-state index in [9.17, 15) is 0 Å². The minimum absolute atomic E-state index is 0.618. The third-order valence-corrected chi connectivity index (χ3v) is 3.80. The fraction of sp³-hybridized carbons (Fsp3) is 0.857. The van der Waals surface area contributed by atoms with E-state index in [2.05, 4.69) is 19.9 Å². The van der Waals surface area contributed by atoms with Gasteiger partial charge in [0.05, 0.1) is 0 Å². The van der Waals surface area contributed by atoms with E-state index >= 15 is 0 Å². The van der Waals surface area contributed by atoms with E-state index in [0.29, 0.717) is 11.8 Å². The average Bonchev–Trinajstić information content (AvgIpc) is 2.15. The number of allylic oxidation sites excluding steroid dienone is 2. The molecular formula is C14H25Cl. The van der Waals surface area contributed by atoms with E-state index in [1.54, 1.807) is 0 Å². The number of hydrogen-bond acceptors (Lipinski definition) is 0. The Morgan fingerprint density at radius 1 is 1.13 bits per heavy atom. The van der Waals surface area contributed by atoms with Crippen LogP contribution >= 0.6 is 11.6 Å². The van der Waals surface area contributed by atoms with Crippen LogP contribution < -0.4 is 0 Å². The summed E-state index contributed by atoms with van der Waals surface area (Å²) in [4.78, 5) is 0. The Balaban J connectivity index is 2.51. The van der Waals surface area contributed by atoms with E-state index in [4.69, 9.17) is 11.6 Å². The fourth-order valence-corrected chi connectivity index (χ4v) is 2.75. The molecule has 0 bridgehead atoms. The molecular weight excluding hydrogens is 204 g/mol. The predicted molar refractivity (Wildman–Crippen MR) is 69.5 cm³/mol. The summed E-state index contributed by atoms with van der Waals surface area (Å²) in [5, 5.41) is 0. The molecule has 0 aliphatic heterocycles. The van der Waals surface area contributed by atoms with Crippen LogP contribution in [-0.4, -0.2) is 5.88 Å². The van der Waals surface area contributed by atoms with Crippen LogP contribution in [0.25, 0.3) is 0 Å². The molecule has 0 spiro atoms. The summed E-state index contributed by atoms with van der Waals surface area (Å²) in [5.41, 5.74) is 1.45. The monoisotopic (exact) mass is 228 g/mol. The number of halogens is 1. The van der Waals surface area contributed by atoms with E-state index in [1.165, 1.54) is 50.5 Å². The summed E-state index contributed by atoms with van der Waals surface area (Å²) in [5.74, 6) is 2.14. The Labute approximate surface area is 100 Å². The van der Waals surface area contributed by atoms with Crippen LogP contribution in [0, 0.1) is 11.8 Å². The minimum atomic E-state index is 0.618. The van der Waals surface area contributed by atoms with Crippen molar-refractivity contribution in [2.45, 2.75) is 58.8 Å². The lowest BCUT2D eigenvalue weighted by Gasteiger charge is -2.18. The maximum atomic E-state index is 5.99. The molecule has 0 N–H and O–H groups in total. The first-order valence-electron chi connectivity index (χ1n) is 6.50. The Morgan fingerprint density at radius 2 is 1.67 bits per heavy atom. The maximum Gasteiger partial charge on any atom is 0.0436 e. The summed E-state index contributed by atoms with van der Waals surface area (Å²) in [6.45, 7) is 4.49. The molecule has 88 valence electrons. The van der Waals surface area contributed by atoms with Crippen LogP contribution in [0.3, 0.4) is 0 Å². The smallest absolute Gasteiger partial charge is 0.0436 e. The van der Waals surface area contributed by atoms with Gasteiger partial charge in [0.1, 0.15) is 0 Å². The molecule has 0 aromatic carbocycles. The van der Waals surface area contributed by atoms with Crippen molar-refractivity contribution in [2.75, 3.05) is 5.88 Å². The van der Waals surface area contributed by atoms with E-state index in [-0.39, 0.29) is 0 Å². The Bertz CT molecular complexity index is 186. The van der Waals surface area contributed by atoms with Crippen molar-refractivity contribution in [3.63, 3.8) is 0 Å². The number of rotatable bonds is 3. The van der Waals surface area contributed by atoms with Crippen molar-refractivity contribution in [1.29, 1.82) is 0 Å². The number of alkyl halides is 1. The Morgan fingerprint density at radius 3 is 2.13 bits per heavy atom. The summed E-state index contributed by atoms with van der Waals surface area (Å²) in [6, 6.07) is 0. The Hall–Kier alpha value is 0.0300. The average molecular weight is 229 g/mol. The molecule has 0 atom stereocenters. The molecule has 1 heteroatoms. The molecule has 0 saturated heterocycles. The van der Waals surface area contributed by atoms with Gasteiger partial charge in [-0.25, -0.2) is 0 Å². The standard InChI is InChI=1S/C14H25Cl/c1-12(2)14(11-15)10-13-8-6-4-3-5-7-9-13/h10,12-13H,3-9,11H2,1-2H3/b14-10-. The van der Waals surface area contributed by atoms with Crippen LogP contribution in [-0.2, 0) is 0 Å². The van der Waals surface area contributed by atoms with Crippen molar-refractivity contribution < 1.29 is 0 Å². The molecule has 0 heterocycles. The van der Waals surface area contributed by atoms with Crippen molar-refractivity contribution in [3.05, 3.63) is 11.6 Å². The predicted octanol–water partition coefficient (Wildman–Crippen LogP) is 5.17. The molecule has 15 heavy (non-hydrogen) atoms. The molecule has 0 aromatic heterocycles. The normalized spacial score (nSPS) is 21.5. The topological polar surface area (TPSA) is 0 Å². The van der Waals surface area contributed by atoms with Gasteiger partial charge in [0.25, 0.3) is 0 Å². The van der Waals surface area contributed by atoms with Gasteiger partial charge < -0.3 is 0 Å². The first kappa shape index (κ1) is 13.1. The molecule has 0 aromatic rings. The largest absolute Gasteiger partial charge is 0.122 e. The molecule has 0 unspecified atom stereocenters. The Kier molecular flexibility index (Phi) is 6.40. The van der Waals surface area contributed by atoms with Gasteiger partial charge in [0, 0.05) is 5.88 Å². The first-order valence-corrected chi connectivity index (χ1v) is 7.04. The maximum absolute atomic E-state index is 5.99.